The van der Waals surface area contributed by atoms with Crippen LogP contribution in [0.1, 0.15) is 0 Å². The zero-order chi connectivity index (χ0) is 14.2. The fraction of sp³-hybridized carbons (Fsp3) is 0.133. The highest BCUT2D eigenvalue weighted by Crippen LogP contribution is 2.18. The molecule has 2 amide bonds. The number of anilines is 1. The molecule has 0 aliphatic rings. The van der Waals surface area contributed by atoms with E-state index in [0.717, 1.165) is 16.3 Å². The summed E-state index contributed by atoms with van der Waals surface area (Å²) in [4.78, 5) is 12.8. The second-order valence-corrected chi connectivity index (χ2v) is 4.84. The Hall–Kier alpha value is -2.14. The maximum absolute atomic E-state index is 11.7. The molecule has 4 nitrogen and oxygen atoms in total. The Morgan fingerprint density at radius 1 is 1.15 bits per heavy atom. The molecule has 0 spiro atoms. The third-order valence-corrected chi connectivity index (χ3v) is 3.27. The summed E-state index contributed by atoms with van der Waals surface area (Å²) in [5.41, 5.74) is 0.758. The van der Waals surface area contributed by atoms with Crippen LogP contribution in [0.5, 0.6) is 5.75 Å². The standard InChI is InChI=1S/C15H16N2O2S/c1-20-14-9-5-6-12(10-14)17-15(18)16-11-19-13-7-3-2-4-8-13/h2-10H,11H2,1H3,(H2,16,17,18). The summed E-state index contributed by atoms with van der Waals surface area (Å²) < 4.78 is 5.38. The first-order valence-corrected chi connectivity index (χ1v) is 7.37. The van der Waals surface area contributed by atoms with Gasteiger partial charge in [0.25, 0.3) is 0 Å². The largest absolute Gasteiger partial charge is 0.473 e. The number of nitrogens with one attached hydrogen (secondary N) is 2. The Kier molecular flexibility index (Phi) is 5.32. The van der Waals surface area contributed by atoms with E-state index in [1.165, 1.54) is 0 Å². The minimum absolute atomic E-state index is 0.123. The number of rotatable bonds is 5. The minimum Gasteiger partial charge on any atom is -0.473 e. The van der Waals surface area contributed by atoms with Gasteiger partial charge in [0, 0.05) is 10.6 Å². The number of carbonyl (C=O) groups is 1. The number of thioether (sulfide) groups is 1. The predicted molar refractivity (Wildman–Crippen MR) is 82.3 cm³/mol. The average molecular weight is 288 g/mol. The van der Waals surface area contributed by atoms with Crippen molar-refractivity contribution < 1.29 is 9.53 Å². The van der Waals surface area contributed by atoms with Crippen molar-refractivity contribution in [2.75, 3.05) is 18.3 Å². The molecule has 2 aromatic carbocycles. The lowest BCUT2D eigenvalue weighted by molar-refractivity contribution is 0.234. The monoisotopic (exact) mass is 288 g/mol. The summed E-state index contributed by atoms with van der Waals surface area (Å²) in [5.74, 6) is 0.720. The number of hydrogen-bond donors (Lipinski definition) is 2. The zero-order valence-corrected chi connectivity index (χ0v) is 11.9. The number of urea groups is 1. The summed E-state index contributed by atoms with van der Waals surface area (Å²) in [5, 5.41) is 5.40. The van der Waals surface area contributed by atoms with E-state index in [9.17, 15) is 4.79 Å². The summed E-state index contributed by atoms with van der Waals surface area (Å²) in [6.45, 7) is 0.123. The van der Waals surface area contributed by atoms with Gasteiger partial charge in [0.2, 0.25) is 0 Å². The normalized spacial score (nSPS) is 9.85. The summed E-state index contributed by atoms with van der Waals surface area (Å²) in [6.07, 6.45) is 1.99. The molecule has 2 N–H and O–H groups in total. The fourth-order valence-electron chi connectivity index (χ4n) is 1.58. The molecule has 2 rings (SSSR count). The molecule has 0 saturated heterocycles. The molecule has 0 fully saturated rings. The quantitative estimate of drug-likeness (QED) is 0.653. The Morgan fingerprint density at radius 2 is 1.95 bits per heavy atom. The average Bonchev–Trinajstić information content (AvgIpc) is 2.48. The van der Waals surface area contributed by atoms with Gasteiger partial charge in [-0.05, 0) is 36.6 Å². The van der Waals surface area contributed by atoms with Gasteiger partial charge in [-0.2, -0.15) is 0 Å². The molecule has 0 bridgehead atoms. The summed E-state index contributed by atoms with van der Waals surface area (Å²) in [6, 6.07) is 16.7. The molecule has 0 saturated carbocycles. The van der Waals surface area contributed by atoms with Gasteiger partial charge >= 0.3 is 6.03 Å². The van der Waals surface area contributed by atoms with Gasteiger partial charge in [-0.25, -0.2) is 4.79 Å². The topological polar surface area (TPSA) is 50.4 Å². The molecule has 5 heteroatoms. The molecular weight excluding hydrogens is 272 g/mol. The van der Waals surface area contributed by atoms with Gasteiger partial charge in [-0.1, -0.05) is 24.3 Å². The van der Waals surface area contributed by atoms with Crippen LogP contribution in [0.15, 0.2) is 59.5 Å². The second kappa shape index (κ2) is 7.45. The highest BCUT2D eigenvalue weighted by atomic mass is 32.2. The van der Waals surface area contributed by atoms with Crippen molar-refractivity contribution in [1.29, 1.82) is 0 Å². The van der Waals surface area contributed by atoms with Crippen LogP contribution in [0.4, 0.5) is 10.5 Å². The van der Waals surface area contributed by atoms with Crippen molar-refractivity contribution >= 4 is 23.5 Å². The van der Waals surface area contributed by atoms with Gasteiger partial charge in [0.1, 0.15) is 5.75 Å². The maximum Gasteiger partial charge on any atom is 0.321 e. The third-order valence-electron chi connectivity index (χ3n) is 2.54. The Labute approximate surface area is 122 Å². The van der Waals surface area contributed by atoms with Crippen molar-refractivity contribution in [3.63, 3.8) is 0 Å². The van der Waals surface area contributed by atoms with Crippen LogP contribution in [-0.4, -0.2) is 19.0 Å². The number of amides is 2. The van der Waals surface area contributed by atoms with Crippen molar-refractivity contribution in [1.82, 2.24) is 5.32 Å². The van der Waals surface area contributed by atoms with Crippen molar-refractivity contribution in [3.05, 3.63) is 54.6 Å². The van der Waals surface area contributed by atoms with Gasteiger partial charge < -0.3 is 15.4 Å². The first-order chi connectivity index (χ1) is 9.78. The zero-order valence-electron chi connectivity index (χ0n) is 11.1. The molecule has 0 heterocycles. The Morgan fingerprint density at radius 3 is 2.70 bits per heavy atom. The number of para-hydroxylation sites is 1. The van der Waals surface area contributed by atoms with Crippen molar-refractivity contribution in [2.45, 2.75) is 4.90 Å². The molecule has 0 aliphatic heterocycles. The lowest BCUT2D eigenvalue weighted by atomic mass is 10.3. The van der Waals surface area contributed by atoms with E-state index in [1.807, 2.05) is 60.9 Å². The number of ether oxygens (including phenoxy) is 1. The van der Waals surface area contributed by atoms with E-state index >= 15 is 0 Å². The fourth-order valence-corrected chi connectivity index (χ4v) is 2.04. The van der Waals surface area contributed by atoms with Gasteiger partial charge in [0.05, 0.1) is 0 Å². The van der Waals surface area contributed by atoms with Crippen LogP contribution in [0.2, 0.25) is 0 Å². The van der Waals surface area contributed by atoms with Crippen LogP contribution in [0, 0.1) is 0 Å². The number of benzene rings is 2. The molecule has 104 valence electrons. The van der Waals surface area contributed by atoms with Gasteiger partial charge in [-0.3, -0.25) is 0 Å². The van der Waals surface area contributed by atoms with Crippen molar-refractivity contribution in [3.8, 4) is 5.75 Å². The predicted octanol–water partition coefficient (Wildman–Crippen LogP) is 3.57. The minimum atomic E-state index is -0.292. The van der Waals surface area contributed by atoms with Crippen LogP contribution >= 0.6 is 11.8 Å². The first-order valence-electron chi connectivity index (χ1n) is 6.14. The van der Waals surface area contributed by atoms with E-state index in [0.29, 0.717) is 0 Å². The SMILES string of the molecule is CSc1cccc(NC(=O)NCOc2ccccc2)c1. The molecule has 20 heavy (non-hydrogen) atoms. The van der Waals surface area contributed by atoms with E-state index < -0.39 is 0 Å². The smallest absolute Gasteiger partial charge is 0.321 e. The van der Waals surface area contributed by atoms with Gasteiger partial charge in [-0.15, -0.1) is 11.8 Å². The number of carbonyl (C=O) groups excluding carboxylic acids is 1. The molecule has 0 radical (unpaired) electrons. The first kappa shape index (κ1) is 14.3. The van der Waals surface area contributed by atoms with Crippen molar-refractivity contribution in [2.24, 2.45) is 0 Å². The molecular formula is C15H16N2O2S. The third kappa shape index (κ3) is 4.51. The second-order valence-electron chi connectivity index (χ2n) is 3.96. The van der Waals surface area contributed by atoms with Crippen LogP contribution < -0.4 is 15.4 Å². The molecule has 0 aliphatic carbocycles. The van der Waals surface area contributed by atoms with Crippen LogP contribution in [0.25, 0.3) is 0 Å². The summed E-state index contributed by atoms with van der Waals surface area (Å²) >= 11 is 1.63. The summed E-state index contributed by atoms with van der Waals surface area (Å²) in [7, 11) is 0. The van der Waals surface area contributed by atoms with E-state index in [1.54, 1.807) is 11.8 Å². The van der Waals surface area contributed by atoms with E-state index in [-0.39, 0.29) is 12.8 Å². The van der Waals surface area contributed by atoms with E-state index in [2.05, 4.69) is 10.6 Å². The number of hydrogen-bond acceptors (Lipinski definition) is 3. The molecule has 0 atom stereocenters. The van der Waals surface area contributed by atoms with Gasteiger partial charge in [0.15, 0.2) is 6.73 Å². The molecule has 2 aromatic rings. The Bertz CT molecular complexity index is 561. The lowest BCUT2D eigenvalue weighted by Gasteiger charge is -2.09. The molecule has 0 aromatic heterocycles. The maximum atomic E-state index is 11.7. The molecule has 0 unspecified atom stereocenters. The van der Waals surface area contributed by atoms with Crippen LogP contribution in [-0.2, 0) is 0 Å². The Balaban J connectivity index is 1.77. The lowest BCUT2D eigenvalue weighted by Crippen LogP contribution is -2.31. The highest BCUT2D eigenvalue weighted by molar-refractivity contribution is 7.98. The highest BCUT2D eigenvalue weighted by Gasteiger charge is 2.02. The van der Waals surface area contributed by atoms with Crippen LogP contribution in [0.3, 0.4) is 0 Å². The van der Waals surface area contributed by atoms with E-state index in [4.69, 9.17) is 4.74 Å².